The molecular formula is C31H50N8O11. The monoisotopic (exact) mass is 710 g/mol. The molecule has 0 aliphatic rings. The number of benzene rings is 1. The zero-order valence-electron chi connectivity index (χ0n) is 28.3. The van der Waals surface area contributed by atoms with Crippen molar-refractivity contribution in [2.75, 3.05) is 26.3 Å². The highest BCUT2D eigenvalue weighted by Crippen LogP contribution is 2.12. The zero-order valence-corrected chi connectivity index (χ0v) is 28.3. The first-order valence-electron chi connectivity index (χ1n) is 16.0. The maximum Gasteiger partial charge on any atom is 0.326 e. The van der Waals surface area contributed by atoms with Gasteiger partial charge in [-0.2, -0.15) is 0 Å². The molecule has 0 aliphatic heterocycles. The van der Waals surface area contributed by atoms with Crippen molar-refractivity contribution in [2.45, 2.75) is 82.7 Å². The van der Waals surface area contributed by atoms with Crippen molar-refractivity contribution in [3.05, 3.63) is 29.8 Å². The van der Waals surface area contributed by atoms with Gasteiger partial charge >= 0.3 is 5.97 Å². The summed E-state index contributed by atoms with van der Waals surface area (Å²) >= 11 is 0. The number of hydrogen-bond donors (Lipinski definition) is 12. The summed E-state index contributed by atoms with van der Waals surface area (Å²) in [5, 5.41) is 52.3. The number of rotatable bonds is 22. The quantitative estimate of drug-likeness (QED) is 0.0507. The minimum atomic E-state index is -1.59. The lowest BCUT2D eigenvalue weighted by Crippen LogP contribution is -2.59. The number of carbonyl (C=O) groups is 7. The highest BCUT2D eigenvalue weighted by molar-refractivity contribution is 5.96. The van der Waals surface area contributed by atoms with Gasteiger partial charge in [0.2, 0.25) is 35.4 Å². The van der Waals surface area contributed by atoms with Crippen molar-refractivity contribution in [3.8, 4) is 5.75 Å². The number of carbonyl (C=O) groups excluding carboxylic acids is 6. The molecule has 1 aromatic carbocycles. The summed E-state index contributed by atoms with van der Waals surface area (Å²) in [5.41, 5.74) is 11.7. The van der Waals surface area contributed by atoms with Crippen LogP contribution < -0.4 is 43.4 Å². The van der Waals surface area contributed by atoms with Gasteiger partial charge in [0.05, 0.1) is 25.8 Å². The van der Waals surface area contributed by atoms with Gasteiger partial charge in [0.15, 0.2) is 0 Å². The minimum absolute atomic E-state index is 0.0687. The number of aromatic hydroxyl groups is 1. The predicted octanol–water partition coefficient (Wildman–Crippen LogP) is -4.32. The normalized spacial score (nSPS) is 14.6. The first-order valence-corrected chi connectivity index (χ1v) is 16.0. The van der Waals surface area contributed by atoms with Crippen LogP contribution in [0.15, 0.2) is 24.3 Å². The largest absolute Gasteiger partial charge is 0.508 e. The van der Waals surface area contributed by atoms with Gasteiger partial charge < -0.3 is 63.8 Å². The molecule has 19 heteroatoms. The lowest BCUT2D eigenvalue weighted by atomic mass is 10.0. The third-order valence-corrected chi connectivity index (χ3v) is 7.37. The van der Waals surface area contributed by atoms with Gasteiger partial charge in [0.25, 0.3) is 0 Å². The Labute approximate surface area is 289 Å². The fourth-order valence-electron chi connectivity index (χ4n) is 4.36. The molecular weight excluding hydrogens is 660 g/mol. The number of amides is 6. The second-order valence-corrected chi connectivity index (χ2v) is 11.9. The van der Waals surface area contributed by atoms with E-state index in [1.165, 1.54) is 31.2 Å². The smallest absolute Gasteiger partial charge is 0.326 e. The van der Waals surface area contributed by atoms with E-state index in [-0.39, 0.29) is 12.2 Å². The number of aliphatic hydroxyl groups is 2. The molecule has 0 saturated carbocycles. The van der Waals surface area contributed by atoms with Crippen LogP contribution in [0.3, 0.4) is 0 Å². The van der Waals surface area contributed by atoms with E-state index in [9.17, 15) is 54.0 Å². The summed E-state index contributed by atoms with van der Waals surface area (Å²) in [6.45, 7) is 2.39. The Morgan fingerprint density at radius 1 is 0.720 bits per heavy atom. The van der Waals surface area contributed by atoms with Crippen LogP contribution in [-0.2, 0) is 40.0 Å². The lowest BCUT2D eigenvalue weighted by molar-refractivity contribution is -0.143. The highest BCUT2D eigenvalue weighted by Gasteiger charge is 2.31. The van der Waals surface area contributed by atoms with E-state index in [1.54, 1.807) is 13.8 Å². The third-order valence-electron chi connectivity index (χ3n) is 7.37. The van der Waals surface area contributed by atoms with Crippen LogP contribution in [0.1, 0.15) is 45.6 Å². The molecule has 0 heterocycles. The van der Waals surface area contributed by atoms with E-state index in [1.807, 2.05) is 0 Å². The molecule has 0 fully saturated rings. The molecule has 19 nitrogen and oxygen atoms in total. The van der Waals surface area contributed by atoms with Gasteiger partial charge in [0, 0.05) is 6.42 Å². The Hall–Kier alpha value is -4.85. The van der Waals surface area contributed by atoms with Crippen LogP contribution in [0.4, 0.5) is 0 Å². The number of carboxylic acid groups (broad SMARTS) is 1. The van der Waals surface area contributed by atoms with Gasteiger partial charge in [-0.1, -0.05) is 32.4 Å². The molecule has 50 heavy (non-hydrogen) atoms. The van der Waals surface area contributed by atoms with Crippen molar-refractivity contribution in [1.82, 2.24) is 31.9 Å². The maximum atomic E-state index is 13.2. The molecule has 0 unspecified atom stereocenters. The number of carboxylic acids is 1. The third kappa shape index (κ3) is 15.1. The van der Waals surface area contributed by atoms with Crippen molar-refractivity contribution in [1.29, 1.82) is 0 Å². The SMILES string of the molecule is CC(C)[C@H](NC(=O)[C@H](CO)NC(=O)[C@H](Cc1ccc(O)cc1)NC(=O)CNC(=O)[C@H](CO)NC(=O)[C@H](C)NC(=O)[C@@H](N)CCCCN)C(=O)O. The van der Waals surface area contributed by atoms with E-state index in [2.05, 4.69) is 31.9 Å². The van der Waals surface area contributed by atoms with Gasteiger partial charge in [-0.15, -0.1) is 0 Å². The second-order valence-electron chi connectivity index (χ2n) is 11.9. The first-order chi connectivity index (χ1) is 23.5. The van der Waals surface area contributed by atoms with Crippen LogP contribution in [-0.4, -0.2) is 124 Å². The molecule has 1 rings (SSSR count). The van der Waals surface area contributed by atoms with E-state index >= 15 is 0 Å². The van der Waals surface area contributed by atoms with Crippen LogP contribution >= 0.6 is 0 Å². The molecule has 6 amide bonds. The molecule has 280 valence electrons. The summed E-state index contributed by atoms with van der Waals surface area (Å²) in [6, 6.07) is -2.22. The van der Waals surface area contributed by atoms with Gasteiger partial charge in [-0.3, -0.25) is 28.8 Å². The topological polar surface area (TPSA) is 325 Å². The Morgan fingerprint density at radius 3 is 1.82 bits per heavy atom. The summed E-state index contributed by atoms with van der Waals surface area (Å²) < 4.78 is 0. The van der Waals surface area contributed by atoms with E-state index in [0.717, 1.165) is 0 Å². The molecule has 14 N–H and O–H groups in total. The Bertz CT molecular complexity index is 1310. The van der Waals surface area contributed by atoms with Crippen molar-refractivity contribution in [2.24, 2.45) is 17.4 Å². The number of hydrogen-bond acceptors (Lipinski definition) is 12. The van der Waals surface area contributed by atoms with Crippen LogP contribution in [0.2, 0.25) is 0 Å². The van der Waals surface area contributed by atoms with Crippen LogP contribution in [0.5, 0.6) is 5.75 Å². The summed E-state index contributed by atoms with van der Waals surface area (Å²) in [5.74, 6) is -7.13. The fourth-order valence-corrected chi connectivity index (χ4v) is 4.36. The average molecular weight is 711 g/mol. The van der Waals surface area contributed by atoms with Gasteiger partial charge in [-0.05, 0) is 49.9 Å². The molecule has 6 atom stereocenters. The van der Waals surface area contributed by atoms with Crippen molar-refractivity contribution >= 4 is 41.4 Å². The number of unbranched alkanes of at least 4 members (excludes halogenated alkanes) is 1. The van der Waals surface area contributed by atoms with E-state index in [4.69, 9.17) is 11.5 Å². The minimum Gasteiger partial charge on any atom is -0.508 e. The molecule has 0 bridgehead atoms. The zero-order chi connectivity index (χ0) is 38.0. The fraction of sp³-hybridized carbons (Fsp3) is 0.581. The number of aliphatic carboxylic acids is 1. The molecule has 0 saturated heterocycles. The average Bonchev–Trinajstić information content (AvgIpc) is 3.07. The van der Waals surface area contributed by atoms with E-state index < -0.39 is 103 Å². The van der Waals surface area contributed by atoms with Crippen molar-refractivity contribution in [3.63, 3.8) is 0 Å². The maximum absolute atomic E-state index is 13.2. The Balaban J connectivity index is 2.91. The number of aliphatic hydroxyl groups excluding tert-OH is 2. The number of nitrogens with one attached hydrogen (secondary N) is 6. The predicted molar refractivity (Wildman–Crippen MR) is 178 cm³/mol. The molecule has 0 aromatic heterocycles. The molecule has 0 aliphatic carbocycles. The van der Waals surface area contributed by atoms with Crippen LogP contribution in [0, 0.1) is 5.92 Å². The second kappa shape index (κ2) is 22.0. The summed E-state index contributed by atoms with van der Waals surface area (Å²) in [4.78, 5) is 87.9. The van der Waals surface area contributed by atoms with Gasteiger partial charge in [-0.25, -0.2) is 4.79 Å². The number of phenolic OH excluding ortho intramolecular Hbond substituents is 1. The van der Waals surface area contributed by atoms with Crippen molar-refractivity contribution < 1.29 is 54.0 Å². The molecule has 0 radical (unpaired) electrons. The lowest BCUT2D eigenvalue weighted by Gasteiger charge is -2.25. The summed E-state index contributed by atoms with van der Waals surface area (Å²) in [6.07, 6.45) is 1.46. The Kier molecular flexibility index (Phi) is 19.0. The molecule has 0 spiro atoms. The Morgan fingerprint density at radius 2 is 1.28 bits per heavy atom. The number of phenols is 1. The highest BCUT2D eigenvalue weighted by atomic mass is 16.4. The molecule has 1 aromatic rings. The van der Waals surface area contributed by atoms with E-state index in [0.29, 0.717) is 31.4 Å². The van der Waals surface area contributed by atoms with Crippen LogP contribution in [0.25, 0.3) is 0 Å². The number of nitrogens with two attached hydrogens (primary N) is 2. The van der Waals surface area contributed by atoms with Gasteiger partial charge in [0.1, 0.15) is 36.0 Å². The summed E-state index contributed by atoms with van der Waals surface area (Å²) in [7, 11) is 0. The first kappa shape index (κ1) is 43.2. The standard InChI is InChI=1S/C31H50N8O11/c1-16(2)25(31(49)50)39-30(48)23(15-41)38-29(47)21(12-18-7-9-19(42)10-8-18)36-24(43)13-34-28(46)22(14-40)37-26(44)17(3)35-27(45)20(33)6-4-5-11-32/h7-10,16-17,20-23,25,40-42H,4-6,11-15,32-33H2,1-3H3,(H,34,46)(H,35,45)(H,36,43)(H,37,44)(H,38,47)(H,39,48)(H,49,50)/t17-,20-,21-,22-,23-,25-/m0/s1.